The van der Waals surface area contributed by atoms with Crippen LogP contribution in [0.2, 0.25) is 0 Å². The maximum absolute atomic E-state index is 13.8. The third-order valence-electron chi connectivity index (χ3n) is 4.60. The van der Waals surface area contributed by atoms with Crippen molar-refractivity contribution in [2.24, 2.45) is 0 Å². The molecule has 2 heterocycles. The topological polar surface area (TPSA) is 130 Å². The number of alkyl halides is 3. The van der Waals surface area contributed by atoms with Gasteiger partial charge in [-0.15, -0.1) is 24.8 Å². The summed E-state index contributed by atoms with van der Waals surface area (Å²) in [5, 5.41) is 6.82. The fourth-order valence-electron chi connectivity index (χ4n) is 2.95. The molecule has 0 atom stereocenters. The zero-order valence-corrected chi connectivity index (χ0v) is 20.7. The highest BCUT2D eigenvalue weighted by molar-refractivity contribution is 5.99. The van der Waals surface area contributed by atoms with E-state index in [1.165, 1.54) is 31.4 Å². The summed E-state index contributed by atoms with van der Waals surface area (Å²) >= 11 is 0. The number of aromatic amines is 1. The molecule has 3 amide bonds. The number of fused-ring (bicyclic) bond motifs is 1. The number of rotatable bonds is 5. The highest BCUT2D eigenvalue weighted by Crippen LogP contribution is 2.32. The van der Waals surface area contributed by atoms with Crippen molar-refractivity contribution in [3.05, 3.63) is 66.0 Å². The Kier molecular flexibility index (Phi) is 9.68. The second-order valence-corrected chi connectivity index (χ2v) is 7.12. The van der Waals surface area contributed by atoms with Gasteiger partial charge in [0, 0.05) is 11.8 Å². The molecular weight excluding hydrogens is 559 g/mol. The molecule has 0 aliphatic carbocycles. The Bertz CT molecular complexity index is 1430. The molecule has 4 aromatic rings. The number of anilines is 3. The second-order valence-electron chi connectivity index (χ2n) is 7.12. The van der Waals surface area contributed by atoms with Gasteiger partial charge in [0.1, 0.15) is 11.6 Å². The lowest BCUT2D eigenvalue weighted by molar-refractivity contribution is -0.137. The molecule has 0 spiro atoms. The number of pyridine rings is 1. The van der Waals surface area contributed by atoms with Gasteiger partial charge >= 0.3 is 18.3 Å². The van der Waals surface area contributed by atoms with E-state index in [1.807, 2.05) is 5.32 Å². The van der Waals surface area contributed by atoms with E-state index in [1.54, 1.807) is 12.1 Å². The molecule has 202 valence electrons. The highest BCUT2D eigenvalue weighted by atomic mass is 35.5. The SMILES string of the molecule is COC(=O)Nc1nc2nc(Oc3ccc(NC(=O)Nc4cc(C(F)(F)F)ccc4F)cc3)ccc2[nH]1.Cl.Cl. The number of methoxy groups -OCH3 is 1. The molecule has 0 fully saturated rings. The third kappa shape index (κ3) is 7.36. The fourth-order valence-corrected chi connectivity index (χ4v) is 2.95. The Morgan fingerprint density at radius 1 is 0.921 bits per heavy atom. The lowest BCUT2D eigenvalue weighted by Crippen LogP contribution is -2.20. The van der Waals surface area contributed by atoms with Crippen LogP contribution in [0.1, 0.15) is 5.56 Å². The molecule has 0 saturated carbocycles. The number of carbonyl (C=O) groups excluding carboxylic acids is 2. The first-order chi connectivity index (χ1) is 17.1. The molecule has 2 aromatic carbocycles. The van der Waals surface area contributed by atoms with Crippen LogP contribution in [0.4, 0.5) is 44.5 Å². The van der Waals surface area contributed by atoms with Crippen molar-refractivity contribution in [3.8, 4) is 11.6 Å². The zero-order chi connectivity index (χ0) is 25.9. The van der Waals surface area contributed by atoms with E-state index in [0.717, 1.165) is 0 Å². The fraction of sp³-hybridized carbons (Fsp3) is 0.0909. The first-order valence-corrected chi connectivity index (χ1v) is 10.0. The van der Waals surface area contributed by atoms with Crippen molar-refractivity contribution in [2.75, 3.05) is 23.1 Å². The number of benzene rings is 2. The number of hydrogen-bond donors (Lipinski definition) is 4. The van der Waals surface area contributed by atoms with Gasteiger partial charge in [0.05, 0.1) is 23.9 Å². The summed E-state index contributed by atoms with van der Waals surface area (Å²) in [6.07, 6.45) is -5.39. The van der Waals surface area contributed by atoms with Crippen LogP contribution in [-0.4, -0.2) is 34.2 Å². The Morgan fingerprint density at radius 3 is 2.29 bits per heavy atom. The summed E-state index contributed by atoms with van der Waals surface area (Å²) in [4.78, 5) is 34.6. The summed E-state index contributed by atoms with van der Waals surface area (Å²) in [5.74, 6) is -0.339. The van der Waals surface area contributed by atoms with Crippen molar-refractivity contribution in [2.45, 2.75) is 6.18 Å². The number of carbonyl (C=O) groups is 2. The number of imidazole rings is 1. The first-order valence-electron chi connectivity index (χ1n) is 10.0. The molecule has 16 heteroatoms. The molecule has 0 aliphatic heterocycles. The van der Waals surface area contributed by atoms with Crippen LogP contribution in [0.25, 0.3) is 11.2 Å². The summed E-state index contributed by atoms with van der Waals surface area (Å²) in [5.41, 5.74) is -0.640. The monoisotopic (exact) mass is 576 g/mol. The van der Waals surface area contributed by atoms with Gasteiger partial charge in [-0.1, -0.05) is 0 Å². The number of amides is 3. The van der Waals surface area contributed by atoms with Crippen LogP contribution in [0.15, 0.2) is 54.6 Å². The maximum atomic E-state index is 13.8. The summed E-state index contributed by atoms with van der Waals surface area (Å²) in [6, 6.07) is 9.89. The van der Waals surface area contributed by atoms with E-state index in [-0.39, 0.29) is 48.0 Å². The Balaban J connectivity index is 0.00000253. The molecule has 0 unspecified atom stereocenters. The van der Waals surface area contributed by atoms with Crippen molar-refractivity contribution in [1.82, 2.24) is 15.0 Å². The molecule has 0 radical (unpaired) electrons. The van der Waals surface area contributed by atoms with Gasteiger partial charge in [0.15, 0.2) is 5.65 Å². The van der Waals surface area contributed by atoms with Gasteiger partial charge in [-0.05, 0) is 48.5 Å². The Morgan fingerprint density at radius 2 is 1.63 bits per heavy atom. The average molecular weight is 577 g/mol. The van der Waals surface area contributed by atoms with Gasteiger partial charge in [0.2, 0.25) is 11.8 Å². The largest absolute Gasteiger partial charge is 0.453 e. The minimum Gasteiger partial charge on any atom is -0.453 e. The number of H-pyrrole nitrogens is 1. The van der Waals surface area contributed by atoms with Crippen LogP contribution in [-0.2, 0) is 10.9 Å². The van der Waals surface area contributed by atoms with Crippen LogP contribution < -0.4 is 20.7 Å². The smallest absolute Gasteiger partial charge is 0.416 e. The molecule has 0 saturated heterocycles. The number of urea groups is 1. The number of hydrogen-bond acceptors (Lipinski definition) is 6. The highest BCUT2D eigenvalue weighted by Gasteiger charge is 2.31. The molecule has 4 rings (SSSR count). The number of halogens is 6. The number of aromatic nitrogens is 3. The molecule has 4 N–H and O–H groups in total. The third-order valence-corrected chi connectivity index (χ3v) is 4.60. The Hall–Kier alpha value is -4.30. The van der Waals surface area contributed by atoms with Gasteiger partial charge in [-0.3, -0.25) is 5.32 Å². The van der Waals surface area contributed by atoms with Gasteiger partial charge in [-0.25, -0.2) is 14.0 Å². The van der Waals surface area contributed by atoms with E-state index in [4.69, 9.17) is 4.74 Å². The average Bonchev–Trinajstić information content (AvgIpc) is 3.22. The number of nitrogens with one attached hydrogen (secondary N) is 4. The predicted molar refractivity (Wildman–Crippen MR) is 135 cm³/mol. The number of ether oxygens (including phenoxy) is 2. The van der Waals surface area contributed by atoms with Crippen molar-refractivity contribution in [1.29, 1.82) is 0 Å². The molecule has 38 heavy (non-hydrogen) atoms. The molecule has 0 aliphatic rings. The summed E-state index contributed by atoms with van der Waals surface area (Å²) in [7, 11) is 1.21. The summed E-state index contributed by atoms with van der Waals surface area (Å²) in [6.45, 7) is 0. The van der Waals surface area contributed by atoms with Crippen LogP contribution in [0.5, 0.6) is 11.6 Å². The maximum Gasteiger partial charge on any atom is 0.416 e. The quantitative estimate of drug-likeness (QED) is 0.199. The molecular formula is C22H18Cl2F4N6O4. The van der Waals surface area contributed by atoms with E-state index in [2.05, 4.69) is 30.3 Å². The lowest BCUT2D eigenvalue weighted by atomic mass is 10.2. The van der Waals surface area contributed by atoms with Crippen LogP contribution in [0, 0.1) is 5.82 Å². The predicted octanol–water partition coefficient (Wildman–Crippen LogP) is 6.57. The van der Waals surface area contributed by atoms with Crippen LogP contribution in [0.3, 0.4) is 0 Å². The molecule has 0 bridgehead atoms. The van der Waals surface area contributed by atoms with Gasteiger partial charge in [-0.2, -0.15) is 23.1 Å². The lowest BCUT2D eigenvalue weighted by Gasteiger charge is -2.12. The zero-order valence-electron chi connectivity index (χ0n) is 19.1. The van der Waals surface area contributed by atoms with E-state index < -0.39 is 35.4 Å². The number of nitrogens with zero attached hydrogens (tertiary/aromatic N) is 2. The first kappa shape index (κ1) is 29.9. The normalized spacial score (nSPS) is 10.6. The van der Waals surface area contributed by atoms with Crippen molar-refractivity contribution < 1.29 is 36.6 Å². The Labute approximate surface area is 224 Å². The minimum atomic E-state index is -4.69. The van der Waals surface area contributed by atoms with Crippen molar-refractivity contribution >= 4 is 65.4 Å². The summed E-state index contributed by atoms with van der Waals surface area (Å²) < 4.78 is 62.4. The van der Waals surface area contributed by atoms with E-state index >= 15 is 0 Å². The second kappa shape index (κ2) is 12.3. The van der Waals surface area contributed by atoms with Gasteiger partial charge in [0.25, 0.3) is 0 Å². The van der Waals surface area contributed by atoms with Gasteiger partial charge < -0.3 is 25.1 Å². The molecule has 10 nitrogen and oxygen atoms in total. The standard InChI is InChI=1S/C22H16F4N6O4.2ClH/c1-35-21(34)32-19-28-15-8-9-17(30-18(15)31-19)36-13-5-3-12(4-6-13)27-20(33)29-16-10-11(22(24,25)26)2-7-14(16)23;;/h2-10H,1H3,(H2,27,29,33)(H2,28,30,31,32,34);2*1H. The van der Waals surface area contributed by atoms with Crippen molar-refractivity contribution in [3.63, 3.8) is 0 Å². The van der Waals surface area contributed by atoms with Crippen LogP contribution >= 0.6 is 24.8 Å². The van der Waals surface area contributed by atoms with E-state index in [9.17, 15) is 27.2 Å². The minimum absolute atomic E-state index is 0. The van der Waals surface area contributed by atoms with E-state index in [0.29, 0.717) is 29.5 Å². The molecule has 2 aromatic heterocycles.